The number of ether oxygens (including phenoxy) is 1. The lowest BCUT2D eigenvalue weighted by Crippen LogP contribution is -2.10. The summed E-state index contributed by atoms with van der Waals surface area (Å²) >= 11 is 0. The van der Waals surface area contributed by atoms with Crippen LogP contribution in [0, 0.1) is 13.8 Å². The maximum Gasteiger partial charge on any atom is 0.119 e. The molecule has 0 spiro atoms. The first-order chi connectivity index (χ1) is 7.74. The minimum Gasteiger partial charge on any atom is -0.492 e. The van der Waals surface area contributed by atoms with E-state index in [1.165, 1.54) is 11.1 Å². The first-order valence-corrected chi connectivity index (χ1v) is 6.14. The lowest BCUT2D eigenvalue weighted by molar-refractivity contribution is 0.328. The second kappa shape index (κ2) is 12.1. The first-order valence-electron chi connectivity index (χ1n) is 6.14. The molecule has 0 unspecified atom stereocenters. The molecule has 2 nitrogen and oxygen atoms in total. The molecular formula is C14H27NO. The normalized spacial score (nSPS) is 8.19. The molecule has 94 valence electrons. The second-order valence-electron chi connectivity index (χ2n) is 2.88. The third kappa shape index (κ3) is 7.30. The zero-order valence-electron chi connectivity index (χ0n) is 11.6. The van der Waals surface area contributed by atoms with E-state index in [1.807, 2.05) is 39.8 Å². The van der Waals surface area contributed by atoms with Crippen LogP contribution < -0.4 is 10.5 Å². The van der Waals surface area contributed by atoms with Crippen LogP contribution in [-0.2, 0) is 0 Å². The summed E-state index contributed by atoms with van der Waals surface area (Å²) in [5, 5.41) is 0. The summed E-state index contributed by atoms with van der Waals surface area (Å²) in [6, 6.07) is 6.06. The number of nitrogens with two attached hydrogens (primary N) is 1. The highest BCUT2D eigenvalue weighted by Gasteiger charge is 1.95. The molecular weight excluding hydrogens is 198 g/mol. The zero-order valence-corrected chi connectivity index (χ0v) is 11.6. The van der Waals surface area contributed by atoms with Crippen molar-refractivity contribution in [3.05, 3.63) is 29.3 Å². The van der Waals surface area contributed by atoms with Crippen molar-refractivity contribution in [2.75, 3.05) is 13.2 Å². The van der Waals surface area contributed by atoms with Crippen LogP contribution in [0.3, 0.4) is 0 Å². The third-order valence-electron chi connectivity index (χ3n) is 1.86. The van der Waals surface area contributed by atoms with E-state index in [9.17, 15) is 0 Å². The number of benzene rings is 1. The summed E-state index contributed by atoms with van der Waals surface area (Å²) in [5.41, 5.74) is 7.86. The molecule has 0 saturated carbocycles. The van der Waals surface area contributed by atoms with Crippen molar-refractivity contribution >= 4 is 0 Å². The summed E-state index contributed by atoms with van der Waals surface area (Å²) < 4.78 is 5.37. The number of hydrogen-bond acceptors (Lipinski definition) is 2. The Hall–Kier alpha value is -1.02. The van der Waals surface area contributed by atoms with Crippen LogP contribution in [0.25, 0.3) is 0 Å². The van der Waals surface area contributed by atoms with E-state index in [0.29, 0.717) is 13.2 Å². The molecule has 0 atom stereocenters. The molecule has 16 heavy (non-hydrogen) atoms. The van der Waals surface area contributed by atoms with Gasteiger partial charge in [-0.2, -0.15) is 0 Å². The summed E-state index contributed by atoms with van der Waals surface area (Å²) in [7, 11) is 0. The van der Waals surface area contributed by atoms with Gasteiger partial charge in [-0.3, -0.25) is 0 Å². The van der Waals surface area contributed by atoms with Gasteiger partial charge in [0.05, 0.1) is 0 Å². The Morgan fingerprint density at radius 2 is 1.56 bits per heavy atom. The van der Waals surface area contributed by atoms with Crippen molar-refractivity contribution in [3.8, 4) is 5.75 Å². The summed E-state index contributed by atoms with van der Waals surface area (Å²) in [6.07, 6.45) is 0. The average molecular weight is 225 g/mol. The third-order valence-corrected chi connectivity index (χ3v) is 1.86. The van der Waals surface area contributed by atoms with Crippen molar-refractivity contribution in [3.63, 3.8) is 0 Å². The van der Waals surface area contributed by atoms with Crippen LogP contribution in [0.5, 0.6) is 5.75 Å². The largest absolute Gasteiger partial charge is 0.492 e. The number of aryl methyl sites for hydroxylation is 2. The summed E-state index contributed by atoms with van der Waals surface area (Å²) in [4.78, 5) is 0. The van der Waals surface area contributed by atoms with Crippen LogP contribution >= 0.6 is 0 Å². The van der Waals surface area contributed by atoms with E-state index in [4.69, 9.17) is 10.5 Å². The minimum atomic E-state index is 0.562. The maximum atomic E-state index is 5.37. The van der Waals surface area contributed by atoms with E-state index in [2.05, 4.69) is 19.9 Å². The molecule has 0 fully saturated rings. The predicted molar refractivity (Wildman–Crippen MR) is 73.2 cm³/mol. The Balaban J connectivity index is 0. The van der Waals surface area contributed by atoms with Gasteiger partial charge in [0.25, 0.3) is 0 Å². The lowest BCUT2D eigenvalue weighted by Gasteiger charge is -2.06. The molecule has 1 rings (SSSR count). The number of hydrogen-bond donors (Lipinski definition) is 1. The second-order valence-corrected chi connectivity index (χ2v) is 2.88. The van der Waals surface area contributed by atoms with Crippen molar-refractivity contribution in [1.82, 2.24) is 0 Å². The van der Waals surface area contributed by atoms with Gasteiger partial charge in [0.2, 0.25) is 0 Å². The topological polar surface area (TPSA) is 35.2 Å². The highest BCUT2D eigenvalue weighted by molar-refractivity contribution is 5.33. The van der Waals surface area contributed by atoms with Gasteiger partial charge in [-0.25, -0.2) is 0 Å². The van der Waals surface area contributed by atoms with Crippen molar-refractivity contribution < 1.29 is 4.74 Å². The van der Waals surface area contributed by atoms with E-state index in [1.54, 1.807) is 0 Å². The van der Waals surface area contributed by atoms with Crippen LogP contribution in [-0.4, -0.2) is 13.2 Å². The molecule has 0 heterocycles. The Bertz CT molecular complexity index is 259. The molecule has 1 aromatic carbocycles. The maximum absolute atomic E-state index is 5.37. The fourth-order valence-corrected chi connectivity index (χ4v) is 0.980. The summed E-state index contributed by atoms with van der Waals surface area (Å²) in [5.74, 6) is 0.906. The molecule has 0 aromatic heterocycles. The van der Waals surface area contributed by atoms with E-state index >= 15 is 0 Å². The van der Waals surface area contributed by atoms with Gasteiger partial charge in [-0.1, -0.05) is 33.8 Å². The van der Waals surface area contributed by atoms with Crippen molar-refractivity contribution in [1.29, 1.82) is 0 Å². The van der Waals surface area contributed by atoms with Gasteiger partial charge in [0.15, 0.2) is 0 Å². The average Bonchev–Trinajstić information content (AvgIpc) is 2.36. The fraction of sp³-hybridized carbons (Fsp3) is 0.571. The lowest BCUT2D eigenvalue weighted by atomic mass is 10.1. The van der Waals surface area contributed by atoms with Crippen LogP contribution in [0.15, 0.2) is 18.2 Å². The highest BCUT2D eigenvalue weighted by Crippen LogP contribution is 2.15. The van der Waals surface area contributed by atoms with Crippen LogP contribution in [0.1, 0.15) is 38.8 Å². The Labute approximate surface area is 101 Å². The summed E-state index contributed by atoms with van der Waals surface area (Å²) in [6.45, 7) is 13.3. The van der Waals surface area contributed by atoms with Gasteiger partial charge < -0.3 is 10.5 Å². The number of rotatable bonds is 3. The predicted octanol–water partition coefficient (Wildman–Crippen LogP) is 3.69. The quantitative estimate of drug-likeness (QED) is 0.851. The van der Waals surface area contributed by atoms with Gasteiger partial charge in [-0.05, 0) is 37.1 Å². The Kier molecular flexibility index (Phi) is 13.1. The van der Waals surface area contributed by atoms with E-state index in [0.717, 1.165) is 5.75 Å². The minimum absolute atomic E-state index is 0.562. The Morgan fingerprint density at radius 1 is 1.00 bits per heavy atom. The molecule has 0 radical (unpaired) electrons. The first kappa shape index (κ1) is 17.4. The smallest absolute Gasteiger partial charge is 0.119 e. The van der Waals surface area contributed by atoms with Crippen LogP contribution in [0.4, 0.5) is 0 Å². The van der Waals surface area contributed by atoms with E-state index < -0.39 is 0 Å². The molecule has 0 saturated heterocycles. The fourth-order valence-electron chi connectivity index (χ4n) is 0.980. The van der Waals surface area contributed by atoms with Crippen LogP contribution in [0.2, 0.25) is 0 Å². The van der Waals surface area contributed by atoms with Gasteiger partial charge in [0.1, 0.15) is 12.4 Å². The highest BCUT2D eigenvalue weighted by atomic mass is 16.5. The van der Waals surface area contributed by atoms with Gasteiger partial charge in [-0.15, -0.1) is 0 Å². The molecule has 2 N–H and O–H groups in total. The molecule has 0 aliphatic rings. The SMILES string of the molecule is CC.CC.Cc1ccc(OCCN)cc1C. The molecule has 2 heteroatoms. The molecule has 1 aromatic rings. The van der Waals surface area contributed by atoms with Crippen molar-refractivity contribution in [2.24, 2.45) is 5.73 Å². The zero-order chi connectivity index (χ0) is 13.0. The molecule has 0 aliphatic heterocycles. The van der Waals surface area contributed by atoms with Gasteiger partial charge in [0, 0.05) is 6.54 Å². The Morgan fingerprint density at radius 3 is 2.00 bits per heavy atom. The molecule has 0 aliphatic carbocycles. The van der Waals surface area contributed by atoms with Crippen molar-refractivity contribution in [2.45, 2.75) is 41.5 Å². The van der Waals surface area contributed by atoms with Gasteiger partial charge >= 0.3 is 0 Å². The molecule has 0 bridgehead atoms. The molecule has 0 amide bonds. The monoisotopic (exact) mass is 225 g/mol. The van der Waals surface area contributed by atoms with E-state index in [-0.39, 0.29) is 0 Å². The standard InChI is InChI=1S/C10H15NO.2C2H6/c1-8-3-4-10(7-9(8)2)12-6-5-11;2*1-2/h3-4,7H,5-6,11H2,1-2H3;2*1-2H3.